The molecule has 0 radical (unpaired) electrons. The summed E-state index contributed by atoms with van der Waals surface area (Å²) < 4.78 is 5.62. The van der Waals surface area contributed by atoms with Crippen LogP contribution in [-0.4, -0.2) is 22.8 Å². The van der Waals surface area contributed by atoms with Crippen molar-refractivity contribution in [2.24, 2.45) is 17.3 Å². The molecule has 0 unspecified atom stereocenters. The summed E-state index contributed by atoms with van der Waals surface area (Å²) in [6, 6.07) is 5.88. The lowest BCUT2D eigenvalue weighted by Gasteiger charge is -2.58. The van der Waals surface area contributed by atoms with Gasteiger partial charge in [-0.3, -0.25) is 9.59 Å². The molecule has 140 valence electrons. The van der Waals surface area contributed by atoms with Gasteiger partial charge in [0, 0.05) is 10.0 Å². The Morgan fingerprint density at radius 1 is 1.15 bits per heavy atom. The monoisotopic (exact) mass is 419 g/mol. The predicted molar refractivity (Wildman–Crippen MR) is 104 cm³/mol. The summed E-state index contributed by atoms with van der Waals surface area (Å²) in [5.74, 6) is 0.791. The summed E-state index contributed by atoms with van der Waals surface area (Å²) in [5.41, 5.74) is 2.44. The molecule has 0 spiro atoms. The summed E-state index contributed by atoms with van der Waals surface area (Å²) in [5, 5.41) is 2.89. The van der Waals surface area contributed by atoms with Crippen LogP contribution in [0.15, 0.2) is 18.2 Å². The third kappa shape index (κ3) is 3.19. The number of aryl methyl sites for hydroxylation is 2. The summed E-state index contributed by atoms with van der Waals surface area (Å²) in [7, 11) is 0. The van der Waals surface area contributed by atoms with Crippen LogP contribution < -0.4 is 5.32 Å². The predicted octanol–water partition coefficient (Wildman–Crippen LogP) is 4.52. The maximum Gasteiger partial charge on any atom is 0.312 e. The van der Waals surface area contributed by atoms with Crippen LogP contribution in [0.2, 0.25) is 0 Å². The summed E-state index contributed by atoms with van der Waals surface area (Å²) in [6.07, 6.45) is 6.29. The lowest BCUT2D eigenvalue weighted by atomic mass is 9.49. The molecule has 1 N–H and O–H groups in total. The number of carbonyl (C=O) groups is 2. The summed E-state index contributed by atoms with van der Waals surface area (Å²) >= 11 is 3.91. The average Bonchev–Trinajstić information content (AvgIpc) is 2.54. The molecule has 5 heteroatoms. The molecule has 0 heterocycles. The van der Waals surface area contributed by atoms with Crippen molar-refractivity contribution in [1.82, 2.24) is 0 Å². The third-order valence-corrected chi connectivity index (χ3v) is 7.43. The molecule has 5 rings (SSSR count). The molecular formula is C21H26BrNO3. The number of rotatable bonds is 4. The average molecular weight is 420 g/mol. The van der Waals surface area contributed by atoms with Gasteiger partial charge >= 0.3 is 5.97 Å². The van der Waals surface area contributed by atoms with E-state index in [4.69, 9.17) is 4.74 Å². The van der Waals surface area contributed by atoms with E-state index in [1.54, 1.807) is 0 Å². The number of amides is 1. The molecule has 4 saturated carbocycles. The topological polar surface area (TPSA) is 55.4 Å². The van der Waals surface area contributed by atoms with Gasteiger partial charge < -0.3 is 10.1 Å². The van der Waals surface area contributed by atoms with Gasteiger partial charge in [-0.05, 0) is 75.3 Å². The minimum atomic E-state index is -0.382. The first-order chi connectivity index (χ1) is 12.3. The highest BCUT2D eigenvalue weighted by molar-refractivity contribution is 9.10. The van der Waals surface area contributed by atoms with Gasteiger partial charge in [0.15, 0.2) is 6.61 Å². The van der Waals surface area contributed by atoms with E-state index in [0.717, 1.165) is 36.1 Å². The van der Waals surface area contributed by atoms with E-state index in [0.29, 0.717) is 11.8 Å². The zero-order chi connectivity index (χ0) is 18.5. The van der Waals surface area contributed by atoms with E-state index in [9.17, 15) is 9.59 Å². The van der Waals surface area contributed by atoms with Gasteiger partial charge in [-0.15, -0.1) is 0 Å². The second kappa shape index (κ2) is 6.36. The fourth-order valence-electron chi connectivity index (χ4n) is 5.86. The summed E-state index contributed by atoms with van der Waals surface area (Å²) in [4.78, 5) is 25.2. The van der Waals surface area contributed by atoms with E-state index in [1.165, 1.54) is 19.3 Å². The number of hydrogen-bond acceptors (Lipinski definition) is 3. The molecule has 1 aromatic carbocycles. The number of halogens is 1. The third-order valence-electron chi connectivity index (χ3n) is 6.50. The minimum Gasteiger partial charge on any atom is -0.455 e. The largest absolute Gasteiger partial charge is 0.455 e. The van der Waals surface area contributed by atoms with Crippen molar-refractivity contribution in [2.75, 3.05) is 11.9 Å². The Kier molecular flexibility index (Phi) is 4.41. The van der Waals surface area contributed by atoms with Gasteiger partial charge in [-0.25, -0.2) is 0 Å². The molecule has 0 aromatic heterocycles. The van der Waals surface area contributed by atoms with Gasteiger partial charge in [-0.2, -0.15) is 0 Å². The first-order valence-electron chi connectivity index (χ1n) is 9.51. The van der Waals surface area contributed by atoms with Crippen LogP contribution in [0.5, 0.6) is 0 Å². The van der Waals surface area contributed by atoms with Crippen molar-refractivity contribution in [2.45, 2.75) is 56.7 Å². The number of esters is 1. The quantitative estimate of drug-likeness (QED) is 0.576. The normalized spacial score (nSPS) is 34.6. The second-order valence-corrected chi connectivity index (χ2v) is 10.5. The maximum atomic E-state index is 12.9. The highest BCUT2D eigenvalue weighted by atomic mass is 79.9. The lowest BCUT2D eigenvalue weighted by Crippen LogP contribution is -2.56. The first kappa shape index (κ1) is 18.0. The standard InChI is InChI=1S/C21H26BrNO3/c1-13-4-3-5-14(2)18(13)23-17(24)11-26-19(25)20-7-15-6-16(8-20)10-21(22,9-15)12-20/h3-5,15-16H,6-12H2,1-2H3,(H,23,24)/t15-,16-,20?,21?/m1/s1. The van der Waals surface area contributed by atoms with Gasteiger partial charge in [0.05, 0.1) is 5.41 Å². The number of anilines is 1. The zero-order valence-electron chi connectivity index (χ0n) is 15.4. The van der Waals surface area contributed by atoms with Crippen LogP contribution in [0.25, 0.3) is 0 Å². The minimum absolute atomic E-state index is 0.108. The first-order valence-corrected chi connectivity index (χ1v) is 10.3. The fourth-order valence-corrected chi connectivity index (χ4v) is 7.31. The maximum absolute atomic E-state index is 12.9. The molecule has 26 heavy (non-hydrogen) atoms. The Hall–Kier alpha value is -1.36. The van der Waals surface area contributed by atoms with Crippen molar-refractivity contribution < 1.29 is 14.3 Å². The van der Waals surface area contributed by atoms with Gasteiger partial charge in [-0.1, -0.05) is 34.1 Å². The molecule has 1 amide bonds. The highest BCUT2D eigenvalue weighted by Crippen LogP contribution is 2.64. The molecule has 2 atom stereocenters. The van der Waals surface area contributed by atoms with Crippen LogP contribution in [-0.2, 0) is 14.3 Å². The Bertz CT molecular complexity index is 725. The van der Waals surface area contributed by atoms with E-state index < -0.39 is 0 Å². The number of nitrogens with one attached hydrogen (secondary N) is 1. The van der Waals surface area contributed by atoms with E-state index >= 15 is 0 Å². The van der Waals surface area contributed by atoms with Crippen LogP contribution in [0.3, 0.4) is 0 Å². The molecule has 4 aliphatic carbocycles. The Labute approximate surface area is 163 Å². The van der Waals surface area contributed by atoms with Crippen LogP contribution in [0.4, 0.5) is 5.69 Å². The number of para-hydroxylation sites is 1. The second-order valence-electron chi connectivity index (χ2n) is 8.78. The molecule has 1 aromatic rings. The highest BCUT2D eigenvalue weighted by Gasteiger charge is 2.60. The Morgan fingerprint density at radius 2 is 1.77 bits per heavy atom. The lowest BCUT2D eigenvalue weighted by molar-refractivity contribution is -0.170. The SMILES string of the molecule is Cc1cccc(C)c1NC(=O)COC(=O)C12C[C@H]3C[C@@H](CC(Br)(C3)C1)C2. The molecule has 4 nitrogen and oxygen atoms in total. The van der Waals surface area contributed by atoms with E-state index in [-0.39, 0.29) is 28.2 Å². The smallest absolute Gasteiger partial charge is 0.312 e. The van der Waals surface area contributed by atoms with Crippen LogP contribution in [0.1, 0.15) is 49.7 Å². The molecule has 4 fully saturated rings. The number of alkyl halides is 1. The van der Waals surface area contributed by atoms with Crippen molar-refractivity contribution >= 4 is 33.5 Å². The van der Waals surface area contributed by atoms with Gasteiger partial charge in [0.2, 0.25) is 0 Å². The number of benzene rings is 1. The molecular weight excluding hydrogens is 394 g/mol. The molecule has 4 bridgehead atoms. The number of ether oxygens (including phenoxy) is 1. The van der Waals surface area contributed by atoms with Crippen molar-refractivity contribution in [3.63, 3.8) is 0 Å². The van der Waals surface area contributed by atoms with Gasteiger partial charge in [0.1, 0.15) is 0 Å². The number of hydrogen-bond donors (Lipinski definition) is 1. The molecule has 4 aliphatic rings. The molecule has 0 aliphatic heterocycles. The Morgan fingerprint density at radius 3 is 2.35 bits per heavy atom. The van der Waals surface area contributed by atoms with E-state index in [2.05, 4.69) is 21.2 Å². The van der Waals surface area contributed by atoms with Crippen molar-refractivity contribution in [3.8, 4) is 0 Å². The van der Waals surface area contributed by atoms with Crippen molar-refractivity contribution in [3.05, 3.63) is 29.3 Å². The Balaban J connectivity index is 1.39. The van der Waals surface area contributed by atoms with Crippen molar-refractivity contribution in [1.29, 1.82) is 0 Å². The zero-order valence-corrected chi connectivity index (χ0v) is 17.0. The van der Waals surface area contributed by atoms with E-state index in [1.807, 2.05) is 32.0 Å². The van der Waals surface area contributed by atoms with Gasteiger partial charge in [0.25, 0.3) is 5.91 Å². The molecule has 0 saturated heterocycles. The van der Waals surface area contributed by atoms with Crippen LogP contribution >= 0.6 is 15.9 Å². The fraction of sp³-hybridized carbons (Fsp3) is 0.619. The number of carbonyl (C=O) groups excluding carboxylic acids is 2. The summed E-state index contributed by atoms with van der Waals surface area (Å²) in [6.45, 7) is 3.71. The van der Waals surface area contributed by atoms with Crippen LogP contribution in [0, 0.1) is 31.1 Å².